The lowest BCUT2D eigenvalue weighted by Gasteiger charge is -2.28. The van der Waals surface area contributed by atoms with E-state index in [1.165, 1.54) is 12.8 Å². The SMILES string of the molecule is O=C(NNC(=O)C1CC=CCC1C(=O)[O-])c1ccc(OC2CCCC2)cc1. The molecular weight excluding hydrogens is 348 g/mol. The van der Waals surface area contributed by atoms with Crippen molar-refractivity contribution in [1.29, 1.82) is 0 Å². The molecule has 7 nitrogen and oxygen atoms in total. The normalized spacial score (nSPS) is 22.2. The van der Waals surface area contributed by atoms with Gasteiger partial charge in [0, 0.05) is 17.5 Å². The van der Waals surface area contributed by atoms with Crippen molar-refractivity contribution in [1.82, 2.24) is 10.9 Å². The zero-order chi connectivity index (χ0) is 19.2. The van der Waals surface area contributed by atoms with Crippen LogP contribution in [0.3, 0.4) is 0 Å². The van der Waals surface area contributed by atoms with Crippen molar-refractivity contribution in [3.63, 3.8) is 0 Å². The number of aliphatic carboxylic acids is 1. The fourth-order valence-corrected chi connectivity index (χ4v) is 3.53. The van der Waals surface area contributed by atoms with Crippen LogP contribution in [0.2, 0.25) is 0 Å². The van der Waals surface area contributed by atoms with E-state index in [0.29, 0.717) is 17.7 Å². The molecule has 0 aliphatic heterocycles. The molecule has 0 spiro atoms. The van der Waals surface area contributed by atoms with Crippen LogP contribution in [-0.2, 0) is 9.59 Å². The molecule has 144 valence electrons. The lowest BCUT2D eigenvalue weighted by molar-refractivity contribution is -0.313. The van der Waals surface area contributed by atoms with Crippen LogP contribution in [0, 0.1) is 11.8 Å². The van der Waals surface area contributed by atoms with Gasteiger partial charge in [0.05, 0.1) is 12.0 Å². The van der Waals surface area contributed by atoms with Gasteiger partial charge in [-0.05, 0) is 62.8 Å². The van der Waals surface area contributed by atoms with Crippen molar-refractivity contribution in [2.24, 2.45) is 11.8 Å². The van der Waals surface area contributed by atoms with Crippen LogP contribution in [0.25, 0.3) is 0 Å². The first-order valence-electron chi connectivity index (χ1n) is 9.27. The minimum atomic E-state index is -1.26. The smallest absolute Gasteiger partial charge is 0.269 e. The van der Waals surface area contributed by atoms with Crippen LogP contribution in [0.5, 0.6) is 5.75 Å². The predicted molar refractivity (Wildman–Crippen MR) is 95.3 cm³/mol. The van der Waals surface area contributed by atoms with Gasteiger partial charge in [-0.15, -0.1) is 0 Å². The molecule has 2 N–H and O–H groups in total. The largest absolute Gasteiger partial charge is 0.550 e. The van der Waals surface area contributed by atoms with Gasteiger partial charge in [0.2, 0.25) is 5.91 Å². The highest BCUT2D eigenvalue weighted by Gasteiger charge is 2.30. The van der Waals surface area contributed by atoms with Crippen molar-refractivity contribution in [3.05, 3.63) is 42.0 Å². The zero-order valence-electron chi connectivity index (χ0n) is 15.0. The number of benzene rings is 1. The van der Waals surface area contributed by atoms with E-state index in [0.717, 1.165) is 12.8 Å². The summed E-state index contributed by atoms with van der Waals surface area (Å²) in [7, 11) is 0. The van der Waals surface area contributed by atoms with E-state index in [-0.39, 0.29) is 12.5 Å². The van der Waals surface area contributed by atoms with Crippen molar-refractivity contribution in [2.45, 2.75) is 44.6 Å². The Balaban J connectivity index is 1.51. The van der Waals surface area contributed by atoms with Gasteiger partial charge in [-0.3, -0.25) is 20.4 Å². The average Bonchev–Trinajstić information content (AvgIpc) is 3.19. The molecule has 27 heavy (non-hydrogen) atoms. The number of hydrogen-bond acceptors (Lipinski definition) is 5. The second kappa shape index (κ2) is 8.70. The number of carboxylic acid groups (broad SMARTS) is 1. The van der Waals surface area contributed by atoms with Gasteiger partial charge in [-0.1, -0.05) is 12.2 Å². The van der Waals surface area contributed by atoms with Gasteiger partial charge in [0.15, 0.2) is 0 Å². The number of rotatable bonds is 5. The van der Waals surface area contributed by atoms with Crippen LogP contribution in [0.1, 0.15) is 48.9 Å². The quantitative estimate of drug-likeness (QED) is 0.595. The lowest BCUT2D eigenvalue weighted by atomic mass is 9.82. The number of amides is 2. The van der Waals surface area contributed by atoms with E-state index >= 15 is 0 Å². The fraction of sp³-hybridized carbons (Fsp3) is 0.450. The lowest BCUT2D eigenvalue weighted by Crippen LogP contribution is -2.49. The average molecular weight is 371 g/mol. The Bertz CT molecular complexity index is 722. The van der Waals surface area contributed by atoms with Crippen molar-refractivity contribution < 1.29 is 24.2 Å². The van der Waals surface area contributed by atoms with Crippen LogP contribution in [-0.4, -0.2) is 23.9 Å². The molecule has 0 heterocycles. The Morgan fingerprint density at radius 2 is 1.56 bits per heavy atom. The van der Waals surface area contributed by atoms with Crippen molar-refractivity contribution in [3.8, 4) is 5.75 Å². The maximum Gasteiger partial charge on any atom is 0.269 e. The predicted octanol–water partition coefficient (Wildman–Crippen LogP) is 1.10. The topological polar surface area (TPSA) is 108 Å². The van der Waals surface area contributed by atoms with Crippen LogP contribution >= 0.6 is 0 Å². The molecule has 7 heteroatoms. The minimum absolute atomic E-state index is 0.241. The number of allylic oxidation sites excluding steroid dienone is 2. The Hall–Kier alpha value is -2.83. The van der Waals surface area contributed by atoms with Crippen LogP contribution < -0.4 is 20.7 Å². The van der Waals surface area contributed by atoms with Gasteiger partial charge in [0.25, 0.3) is 5.91 Å². The third-order valence-electron chi connectivity index (χ3n) is 5.09. The zero-order valence-corrected chi connectivity index (χ0v) is 15.0. The minimum Gasteiger partial charge on any atom is -0.550 e. The number of carbonyl (C=O) groups is 3. The highest BCUT2D eigenvalue weighted by Crippen LogP contribution is 2.25. The summed E-state index contributed by atoms with van der Waals surface area (Å²) in [5, 5.41) is 11.2. The van der Waals surface area contributed by atoms with Crippen LogP contribution in [0.15, 0.2) is 36.4 Å². The molecule has 1 saturated carbocycles. The summed E-state index contributed by atoms with van der Waals surface area (Å²) in [5.74, 6) is -3.21. The summed E-state index contributed by atoms with van der Waals surface area (Å²) in [6.07, 6.45) is 8.73. The molecule has 3 rings (SSSR count). The molecule has 2 aliphatic carbocycles. The van der Waals surface area contributed by atoms with Gasteiger partial charge in [-0.25, -0.2) is 0 Å². The molecule has 2 unspecified atom stereocenters. The second-order valence-corrected chi connectivity index (χ2v) is 6.97. The molecular formula is C20H23N2O5-. The Labute approximate surface area is 157 Å². The summed E-state index contributed by atoms with van der Waals surface area (Å²) in [6, 6.07) is 6.71. The second-order valence-electron chi connectivity index (χ2n) is 6.97. The number of nitrogens with one attached hydrogen (secondary N) is 2. The van der Waals surface area contributed by atoms with E-state index in [1.807, 2.05) is 0 Å². The first kappa shape index (κ1) is 18.9. The number of hydrogen-bond donors (Lipinski definition) is 2. The third kappa shape index (κ3) is 4.87. The molecule has 1 fully saturated rings. The first-order valence-corrected chi connectivity index (χ1v) is 9.27. The summed E-state index contributed by atoms with van der Waals surface area (Å²) < 4.78 is 5.85. The van der Waals surface area contributed by atoms with E-state index in [2.05, 4.69) is 10.9 Å². The number of carboxylic acids is 1. The Kier molecular flexibility index (Phi) is 6.11. The molecule has 2 amide bonds. The van der Waals surface area contributed by atoms with E-state index < -0.39 is 29.6 Å². The number of hydrazine groups is 1. The van der Waals surface area contributed by atoms with Crippen LogP contribution in [0.4, 0.5) is 0 Å². The highest BCUT2D eigenvalue weighted by molar-refractivity contribution is 5.96. The standard InChI is InChI=1S/C20H24N2O5/c23-18(13-9-11-15(12-10-13)27-14-5-1-2-6-14)21-22-19(24)16-7-3-4-8-17(16)20(25)26/h3-4,9-12,14,16-17H,1-2,5-8H2,(H,21,23)(H,22,24)(H,25,26)/p-1. The van der Waals surface area contributed by atoms with Gasteiger partial charge >= 0.3 is 0 Å². The Morgan fingerprint density at radius 1 is 0.926 bits per heavy atom. The summed E-state index contributed by atoms with van der Waals surface area (Å²) in [6.45, 7) is 0. The fourth-order valence-electron chi connectivity index (χ4n) is 3.53. The van der Waals surface area contributed by atoms with Crippen molar-refractivity contribution in [2.75, 3.05) is 0 Å². The van der Waals surface area contributed by atoms with Gasteiger partial charge < -0.3 is 14.6 Å². The molecule has 2 aliphatic rings. The molecule has 0 bridgehead atoms. The third-order valence-corrected chi connectivity index (χ3v) is 5.09. The van der Waals surface area contributed by atoms with E-state index in [1.54, 1.807) is 36.4 Å². The van der Waals surface area contributed by atoms with E-state index in [4.69, 9.17) is 4.74 Å². The molecule has 0 radical (unpaired) electrons. The molecule has 2 atom stereocenters. The van der Waals surface area contributed by atoms with Crippen molar-refractivity contribution >= 4 is 17.8 Å². The number of carbonyl (C=O) groups excluding carboxylic acids is 3. The molecule has 0 aromatic heterocycles. The maximum absolute atomic E-state index is 12.2. The molecule has 0 saturated heterocycles. The number of ether oxygens (including phenoxy) is 1. The summed E-state index contributed by atoms with van der Waals surface area (Å²) >= 11 is 0. The van der Waals surface area contributed by atoms with Gasteiger partial charge in [-0.2, -0.15) is 0 Å². The van der Waals surface area contributed by atoms with E-state index in [9.17, 15) is 19.5 Å². The summed E-state index contributed by atoms with van der Waals surface area (Å²) in [4.78, 5) is 35.6. The highest BCUT2D eigenvalue weighted by atomic mass is 16.5. The Morgan fingerprint density at radius 3 is 2.19 bits per heavy atom. The monoisotopic (exact) mass is 371 g/mol. The molecule has 1 aromatic rings. The molecule has 1 aromatic carbocycles. The maximum atomic E-state index is 12.2. The first-order chi connectivity index (χ1) is 13.0. The summed E-state index contributed by atoms with van der Waals surface area (Å²) in [5.41, 5.74) is 5.01. The van der Waals surface area contributed by atoms with Gasteiger partial charge in [0.1, 0.15) is 5.75 Å².